The number of benzene rings is 1. The third kappa shape index (κ3) is 3.66. The van der Waals surface area contributed by atoms with Gasteiger partial charge in [-0.1, -0.05) is 34.4 Å². The molecule has 1 aromatic carbocycles. The molecule has 1 aromatic rings. The van der Waals surface area contributed by atoms with Crippen molar-refractivity contribution >= 4 is 34.4 Å². The molecule has 0 aromatic heterocycles. The summed E-state index contributed by atoms with van der Waals surface area (Å²) in [5.74, 6) is 5.87. The fourth-order valence-corrected chi connectivity index (χ4v) is 1.09. The minimum atomic E-state index is -1.06. The van der Waals surface area contributed by atoms with Gasteiger partial charge >= 0.3 is 6.09 Å². The quantitative estimate of drug-likeness (QED) is 0.476. The van der Waals surface area contributed by atoms with Crippen LogP contribution in [0.15, 0.2) is 24.3 Å². The normalized spacial score (nSPS) is 8.64. The molecule has 0 aliphatic rings. The standard InChI is InChI=1S/C10H8INO2/c11-7-1-2-8-3-5-9(6-4-8)12-10(13)14/h3-6,12H,7H2,(H,13,14). The molecule has 0 bridgehead atoms. The molecule has 72 valence electrons. The van der Waals surface area contributed by atoms with Crippen molar-refractivity contribution in [2.24, 2.45) is 0 Å². The van der Waals surface area contributed by atoms with Gasteiger partial charge in [-0.05, 0) is 24.3 Å². The van der Waals surface area contributed by atoms with Gasteiger partial charge in [0.15, 0.2) is 0 Å². The predicted molar refractivity (Wildman–Crippen MR) is 63.9 cm³/mol. The van der Waals surface area contributed by atoms with Crippen molar-refractivity contribution in [1.82, 2.24) is 0 Å². The third-order valence-electron chi connectivity index (χ3n) is 1.44. The molecule has 0 saturated heterocycles. The van der Waals surface area contributed by atoms with Crippen LogP contribution in [0.1, 0.15) is 5.56 Å². The predicted octanol–water partition coefficient (Wildman–Crippen LogP) is 2.56. The number of hydrogen-bond acceptors (Lipinski definition) is 1. The fraction of sp³-hybridized carbons (Fsp3) is 0.100. The Bertz CT molecular complexity index is 375. The van der Waals surface area contributed by atoms with Crippen LogP contribution in [-0.4, -0.2) is 15.6 Å². The monoisotopic (exact) mass is 301 g/mol. The Morgan fingerprint density at radius 3 is 2.57 bits per heavy atom. The lowest BCUT2D eigenvalue weighted by Gasteiger charge is -1.99. The topological polar surface area (TPSA) is 49.3 Å². The summed E-state index contributed by atoms with van der Waals surface area (Å²) >= 11 is 2.17. The first-order valence-electron chi connectivity index (χ1n) is 3.87. The molecule has 0 heterocycles. The first-order valence-corrected chi connectivity index (χ1v) is 5.40. The molecule has 0 aliphatic heterocycles. The highest BCUT2D eigenvalue weighted by Gasteiger charge is 1.95. The van der Waals surface area contributed by atoms with Gasteiger partial charge in [-0.2, -0.15) is 0 Å². The number of anilines is 1. The van der Waals surface area contributed by atoms with Gasteiger partial charge in [-0.15, -0.1) is 0 Å². The molecule has 0 unspecified atom stereocenters. The lowest BCUT2D eigenvalue weighted by Crippen LogP contribution is -2.06. The summed E-state index contributed by atoms with van der Waals surface area (Å²) in [6.45, 7) is 0. The van der Waals surface area contributed by atoms with Crippen LogP contribution < -0.4 is 5.32 Å². The number of rotatable bonds is 1. The van der Waals surface area contributed by atoms with Crippen molar-refractivity contribution in [1.29, 1.82) is 0 Å². The lowest BCUT2D eigenvalue weighted by atomic mass is 10.2. The highest BCUT2D eigenvalue weighted by atomic mass is 127. The van der Waals surface area contributed by atoms with Gasteiger partial charge in [-0.25, -0.2) is 4.79 Å². The molecule has 0 aliphatic carbocycles. The second kappa shape index (κ2) is 5.50. The van der Waals surface area contributed by atoms with E-state index in [9.17, 15) is 4.79 Å². The summed E-state index contributed by atoms with van der Waals surface area (Å²) in [7, 11) is 0. The van der Waals surface area contributed by atoms with Crippen LogP contribution in [0.25, 0.3) is 0 Å². The van der Waals surface area contributed by atoms with E-state index in [-0.39, 0.29) is 0 Å². The number of carbonyl (C=O) groups is 1. The van der Waals surface area contributed by atoms with E-state index in [2.05, 4.69) is 39.7 Å². The largest absolute Gasteiger partial charge is 0.465 e. The molecule has 1 rings (SSSR count). The molecule has 0 spiro atoms. The van der Waals surface area contributed by atoms with Gasteiger partial charge in [0.25, 0.3) is 0 Å². The number of carboxylic acid groups (broad SMARTS) is 1. The van der Waals surface area contributed by atoms with E-state index in [0.717, 1.165) is 9.99 Å². The Balaban J connectivity index is 2.73. The number of amides is 1. The van der Waals surface area contributed by atoms with Crippen molar-refractivity contribution in [3.8, 4) is 11.8 Å². The number of alkyl halides is 1. The Hall–Kier alpha value is -1.22. The number of nitrogens with one attached hydrogen (secondary N) is 1. The fourth-order valence-electron chi connectivity index (χ4n) is 0.896. The Labute approximate surface area is 95.7 Å². The molecule has 3 nitrogen and oxygen atoms in total. The van der Waals surface area contributed by atoms with E-state index < -0.39 is 6.09 Å². The zero-order valence-corrected chi connectivity index (χ0v) is 9.41. The molecule has 4 heteroatoms. The van der Waals surface area contributed by atoms with Crippen LogP contribution in [0.5, 0.6) is 0 Å². The van der Waals surface area contributed by atoms with Crippen molar-refractivity contribution in [3.05, 3.63) is 29.8 Å². The molecule has 14 heavy (non-hydrogen) atoms. The lowest BCUT2D eigenvalue weighted by molar-refractivity contribution is 0.210. The minimum absolute atomic E-state index is 0.553. The van der Waals surface area contributed by atoms with Crippen LogP contribution >= 0.6 is 22.6 Å². The average molecular weight is 301 g/mol. The van der Waals surface area contributed by atoms with Crippen LogP contribution in [0.4, 0.5) is 10.5 Å². The van der Waals surface area contributed by atoms with Gasteiger partial charge in [0.2, 0.25) is 0 Å². The van der Waals surface area contributed by atoms with Crippen LogP contribution in [-0.2, 0) is 0 Å². The molecule has 2 N–H and O–H groups in total. The first-order chi connectivity index (χ1) is 6.72. The molecule has 0 radical (unpaired) electrons. The Kier molecular flexibility index (Phi) is 4.26. The summed E-state index contributed by atoms with van der Waals surface area (Å²) in [5, 5.41) is 10.7. The van der Waals surface area contributed by atoms with E-state index in [1.54, 1.807) is 24.3 Å². The molecule has 0 atom stereocenters. The van der Waals surface area contributed by atoms with Crippen molar-refractivity contribution in [2.45, 2.75) is 0 Å². The van der Waals surface area contributed by atoms with Gasteiger partial charge in [-0.3, -0.25) is 5.32 Å². The maximum absolute atomic E-state index is 10.3. The molecular formula is C10H8INO2. The summed E-state index contributed by atoms with van der Waals surface area (Å²) in [6.07, 6.45) is -1.06. The summed E-state index contributed by atoms with van der Waals surface area (Å²) in [5.41, 5.74) is 1.44. The van der Waals surface area contributed by atoms with E-state index in [1.807, 2.05) is 0 Å². The summed E-state index contributed by atoms with van der Waals surface area (Å²) in [4.78, 5) is 10.3. The van der Waals surface area contributed by atoms with Gasteiger partial charge < -0.3 is 5.11 Å². The van der Waals surface area contributed by atoms with Crippen LogP contribution in [0.3, 0.4) is 0 Å². The maximum atomic E-state index is 10.3. The van der Waals surface area contributed by atoms with Gasteiger partial charge in [0.05, 0.1) is 4.43 Å². The second-order valence-electron chi connectivity index (χ2n) is 2.44. The van der Waals surface area contributed by atoms with Crippen LogP contribution in [0, 0.1) is 11.8 Å². The minimum Gasteiger partial charge on any atom is -0.465 e. The van der Waals surface area contributed by atoms with E-state index in [0.29, 0.717) is 5.69 Å². The van der Waals surface area contributed by atoms with Crippen molar-refractivity contribution in [2.75, 3.05) is 9.74 Å². The summed E-state index contributed by atoms with van der Waals surface area (Å²) < 4.78 is 0.785. The molecule has 1 amide bonds. The van der Waals surface area contributed by atoms with Crippen LogP contribution in [0.2, 0.25) is 0 Å². The van der Waals surface area contributed by atoms with Crippen molar-refractivity contribution in [3.63, 3.8) is 0 Å². The zero-order chi connectivity index (χ0) is 10.4. The first kappa shape index (κ1) is 10.9. The Morgan fingerprint density at radius 1 is 1.43 bits per heavy atom. The smallest absolute Gasteiger partial charge is 0.409 e. The van der Waals surface area contributed by atoms with Crippen molar-refractivity contribution < 1.29 is 9.90 Å². The van der Waals surface area contributed by atoms with Gasteiger partial charge in [0.1, 0.15) is 0 Å². The van der Waals surface area contributed by atoms with E-state index in [1.165, 1.54) is 0 Å². The zero-order valence-electron chi connectivity index (χ0n) is 7.25. The molecule has 0 saturated carbocycles. The third-order valence-corrected chi connectivity index (χ3v) is 1.82. The Morgan fingerprint density at radius 2 is 2.07 bits per heavy atom. The van der Waals surface area contributed by atoms with E-state index in [4.69, 9.17) is 5.11 Å². The summed E-state index contributed by atoms with van der Waals surface area (Å²) in [6, 6.07) is 6.94. The second-order valence-corrected chi connectivity index (χ2v) is 3.21. The number of halogens is 1. The highest BCUT2D eigenvalue weighted by Crippen LogP contribution is 2.08. The molecular weight excluding hydrogens is 293 g/mol. The maximum Gasteiger partial charge on any atom is 0.409 e. The number of hydrogen-bond donors (Lipinski definition) is 2. The SMILES string of the molecule is O=C(O)Nc1ccc(C#CCI)cc1. The average Bonchev–Trinajstić information content (AvgIpc) is 2.16. The van der Waals surface area contributed by atoms with Gasteiger partial charge in [0, 0.05) is 11.3 Å². The highest BCUT2D eigenvalue weighted by molar-refractivity contribution is 14.1. The van der Waals surface area contributed by atoms with E-state index >= 15 is 0 Å². The molecule has 0 fully saturated rings.